The smallest absolute Gasteiger partial charge is 0.251 e. The van der Waals surface area contributed by atoms with Crippen LogP contribution in [0.25, 0.3) is 10.9 Å². The molecule has 1 aliphatic rings. The molecular formula is C31H31FN4O3. The molecular weight excluding hydrogens is 495 g/mol. The van der Waals surface area contributed by atoms with Crippen LogP contribution in [-0.4, -0.2) is 65.2 Å². The lowest BCUT2D eigenvalue weighted by Crippen LogP contribution is -2.40. The Kier molecular flexibility index (Phi) is 7.84. The number of hydrogen-bond donors (Lipinski definition) is 3. The SMILES string of the molecule is Cc1cc2c(C(=Nc3ccc(C(=O)NCCN4CCC(F)CC4)cc3)c3ccccc3)c(O)[nH]c2cc1C=O. The first kappa shape index (κ1) is 26.3. The van der Waals surface area contributed by atoms with Crippen LogP contribution in [0.3, 0.4) is 0 Å². The molecule has 7 nitrogen and oxygen atoms in total. The van der Waals surface area contributed by atoms with Crippen molar-refractivity contribution in [1.82, 2.24) is 15.2 Å². The number of aliphatic imine (C=N–C) groups is 1. The quantitative estimate of drug-likeness (QED) is 0.214. The summed E-state index contributed by atoms with van der Waals surface area (Å²) in [7, 11) is 0. The molecule has 0 spiro atoms. The summed E-state index contributed by atoms with van der Waals surface area (Å²) < 4.78 is 13.3. The third kappa shape index (κ3) is 5.91. The molecule has 1 aliphatic heterocycles. The fourth-order valence-corrected chi connectivity index (χ4v) is 4.95. The van der Waals surface area contributed by atoms with Crippen molar-refractivity contribution < 1.29 is 19.1 Å². The lowest BCUT2D eigenvalue weighted by Gasteiger charge is -2.28. The van der Waals surface area contributed by atoms with E-state index in [1.807, 2.05) is 43.3 Å². The molecule has 5 rings (SSSR count). The van der Waals surface area contributed by atoms with Gasteiger partial charge in [0.15, 0.2) is 5.88 Å². The molecule has 2 heterocycles. The number of aromatic nitrogens is 1. The zero-order valence-electron chi connectivity index (χ0n) is 21.8. The Balaban J connectivity index is 1.39. The van der Waals surface area contributed by atoms with Gasteiger partial charge in [0.05, 0.1) is 17.0 Å². The molecule has 1 saturated heterocycles. The molecule has 0 saturated carbocycles. The number of piperidine rings is 1. The van der Waals surface area contributed by atoms with Gasteiger partial charge in [-0.15, -0.1) is 0 Å². The van der Waals surface area contributed by atoms with Crippen LogP contribution >= 0.6 is 0 Å². The van der Waals surface area contributed by atoms with Crippen LogP contribution in [0.1, 0.15) is 50.2 Å². The topological polar surface area (TPSA) is 97.8 Å². The molecule has 200 valence electrons. The van der Waals surface area contributed by atoms with Gasteiger partial charge in [-0.2, -0.15) is 0 Å². The van der Waals surface area contributed by atoms with E-state index in [2.05, 4.69) is 15.2 Å². The largest absolute Gasteiger partial charge is 0.494 e. The Bertz CT molecular complexity index is 1500. The molecule has 1 aromatic heterocycles. The lowest BCUT2D eigenvalue weighted by atomic mass is 9.98. The zero-order valence-corrected chi connectivity index (χ0v) is 21.8. The number of H-pyrrole nitrogens is 1. The highest BCUT2D eigenvalue weighted by Gasteiger charge is 2.20. The van der Waals surface area contributed by atoms with Gasteiger partial charge in [0.25, 0.3) is 5.91 Å². The average molecular weight is 527 g/mol. The van der Waals surface area contributed by atoms with E-state index < -0.39 is 6.17 Å². The van der Waals surface area contributed by atoms with Gasteiger partial charge < -0.3 is 20.3 Å². The number of aryl methyl sites for hydroxylation is 1. The summed E-state index contributed by atoms with van der Waals surface area (Å²) in [6, 6.07) is 20.1. The highest BCUT2D eigenvalue weighted by atomic mass is 19.1. The van der Waals surface area contributed by atoms with Crippen LogP contribution in [0, 0.1) is 6.92 Å². The second-order valence-corrected chi connectivity index (χ2v) is 9.87. The molecule has 8 heteroatoms. The second-order valence-electron chi connectivity index (χ2n) is 9.87. The van der Waals surface area contributed by atoms with Crippen LogP contribution in [-0.2, 0) is 0 Å². The fraction of sp³-hybridized carbons (Fsp3) is 0.258. The van der Waals surface area contributed by atoms with Crippen molar-refractivity contribution in [3.63, 3.8) is 0 Å². The van der Waals surface area contributed by atoms with Gasteiger partial charge >= 0.3 is 0 Å². The molecule has 1 fully saturated rings. The van der Waals surface area contributed by atoms with Crippen molar-refractivity contribution in [3.05, 3.63) is 94.5 Å². The summed E-state index contributed by atoms with van der Waals surface area (Å²) in [5.74, 6) is -0.216. The first-order chi connectivity index (χ1) is 18.9. The van der Waals surface area contributed by atoms with Gasteiger partial charge in [-0.05, 0) is 61.7 Å². The normalized spacial score (nSPS) is 15.0. The summed E-state index contributed by atoms with van der Waals surface area (Å²) in [5.41, 5.74) is 5.03. The summed E-state index contributed by atoms with van der Waals surface area (Å²) in [4.78, 5) is 34.1. The summed E-state index contributed by atoms with van der Waals surface area (Å²) in [5, 5.41) is 14.6. The molecule has 3 aromatic carbocycles. The number of aromatic amines is 1. The second kappa shape index (κ2) is 11.6. The molecule has 1 amide bonds. The number of hydrogen-bond acceptors (Lipinski definition) is 5. The predicted molar refractivity (Wildman–Crippen MR) is 151 cm³/mol. The molecule has 3 N–H and O–H groups in total. The number of carbonyl (C=O) groups is 2. The van der Waals surface area contributed by atoms with Crippen LogP contribution in [0.5, 0.6) is 5.88 Å². The molecule has 4 aromatic rings. The highest BCUT2D eigenvalue weighted by molar-refractivity contribution is 6.22. The maximum absolute atomic E-state index is 13.3. The van der Waals surface area contributed by atoms with E-state index in [-0.39, 0.29) is 11.8 Å². The van der Waals surface area contributed by atoms with Crippen LogP contribution in [0.4, 0.5) is 10.1 Å². The van der Waals surface area contributed by atoms with Gasteiger partial charge in [-0.1, -0.05) is 30.3 Å². The van der Waals surface area contributed by atoms with Crippen molar-refractivity contribution in [3.8, 4) is 5.88 Å². The summed E-state index contributed by atoms with van der Waals surface area (Å²) in [6.45, 7) is 4.49. The number of benzene rings is 3. The van der Waals surface area contributed by atoms with Crippen LogP contribution in [0.15, 0.2) is 71.7 Å². The van der Waals surface area contributed by atoms with E-state index >= 15 is 0 Å². The molecule has 0 aliphatic carbocycles. The van der Waals surface area contributed by atoms with E-state index in [1.165, 1.54) is 0 Å². The Labute approximate surface area is 226 Å². The minimum absolute atomic E-state index is 0.0400. The Morgan fingerprint density at radius 2 is 1.82 bits per heavy atom. The molecule has 0 unspecified atom stereocenters. The highest BCUT2D eigenvalue weighted by Crippen LogP contribution is 2.33. The Morgan fingerprint density at radius 3 is 2.51 bits per heavy atom. The van der Waals surface area contributed by atoms with Crippen LogP contribution in [0.2, 0.25) is 0 Å². The van der Waals surface area contributed by atoms with E-state index in [0.717, 1.165) is 35.9 Å². The third-order valence-electron chi connectivity index (χ3n) is 7.18. The maximum Gasteiger partial charge on any atom is 0.251 e. The fourth-order valence-electron chi connectivity index (χ4n) is 4.95. The number of nitrogens with zero attached hydrogens (tertiary/aromatic N) is 2. The number of nitrogens with one attached hydrogen (secondary N) is 2. The van der Waals surface area contributed by atoms with E-state index in [1.54, 1.807) is 30.3 Å². The van der Waals surface area contributed by atoms with Gasteiger partial charge in [-0.25, -0.2) is 9.38 Å². The number of amides is 1. The number of aromatic hydroxyl groups is 1. The van der Waals surface area contributed by atoms with Crippen molar-refractivity contribution in [2.75, 3.05) is 26.2 Å². The summed E-state index contributed by atoms with van der Waals surface area (Å²) in [6.07, 6.45) is 1.19. The average Bonchev–Trinajstić information content (AvgIpc) is 3.27. The molecule has 0 atom stereocenters. The van der Waals surface area contributed by atoms with Gasteiger partial charge in [0.2, 0.25) is 0 Å². The Hall–Kier alpha value is -4.30. The maximum atomic E-state index is 13.3. The number of likely N-dealkylation sites (tertiary alicyclic amines) is 1. The summed E-state index contributed by atoms with van der Waals surface area (Å²) >= 11 is 0. The standard InChI is InChI=1S/C31H31FN4O3/c1-20-17-26-27(18-23(20)19-37)35-31(39)28(26)29(21-5-3-2-4-6-21)34-25-9-7-22(8-10-25)30(38)33-13-16-36-14-11-24(32)12-15-36/h2-10,17-19,24,35,39H,11-16H2,1H3,(H,33,38). The number of alkyl halides is 1. The molecule has 0 radical (unpaired) electrons. The number of rotatable bonds is 8. The number of halogens is 1. The number of aldehydes is 1. The zero-order chi connectivity index (χ0) is 27.4. The predicted octanol–water partition coefficient (Wildman–Crippen LogP) is 5.33. The first-order valence-electron chi connectivity index (χ1n) is 13.1. The first-order valence-corrected chi connectivity index (χ1v) is 13.1. The number of carbonyl (C=O) groups excluding carboxylic acids is 2. The van der Waals surface area contributed by atoms with Crippen molar-refractivity contribution >= 4 is 34.5 Å². The van der Waals surface area contributed by atoms with E-state index in [0.29, 0.717) is 59.5 Å². The molecule has 0 bridgehead atoms. The van der Waals surface area contributed by atoms with Crippen molar-refractivity contribution in [2.24, 2.45) is 4.99 Å². The lowest BCUT2D eigenvalue weighted by molar-refractivity contribution is 0.0940. The molecule has 39 heavy (non-hydrogen) atoms. The van der Waals surface area contributed by atoms with E-state index in [9.17, 15) is 19.1 Å². The van der Waals surface area contributed by atoms with E-state index in [4.69, 9.17) is 4.99 Å². The third-order valence-corrected chi connectivity index (χ3v) is 7.18. The van der Waals surface area contributed by atoms with Gasteiger partial charge in [0.1, 0.15) is 12.5 Å². The van der Waals surface area contributed by atoms with Gasteiger partial charge in [-0.3, -0.25) is 9.59 Å². The van der Waals surface area contributed by atoms with Crippen molar-refractivity contribution in [1.29, 1.82) is 0 Å². The van der Waals surface area contributed by atoms with Crippen LogP contribution < -0.4 is 5.32 Å². The minimum Gasteiger partial charge on any atom is -0.494 e. The van der Waals surface area contributed by atoms with Crippen molar-refractivity contribution in [2.45, 2.75) is 25.9 Å². The number of fused-ring (bicyclic) bond motifs is 1. The Morgan fingerprint density at radius 1 is 1.10 bits per heavy atom. The van der Waals surface area contributed by atoms with Gasteiger partial charge in [0, 0.05) is 53.8 Å². The monoisotopic (exact) mass is 526 g/mol. The minimum atomic E-state index is -0.709.